The van der Waals surface area contributed by atoms with Crippen molar-refractivity contribution >= 4 is 5.91 Å². The zero-order chi connectivity index (χ0) is 11.6. The van der Waals surface area contributed by atoms with Crippen LogP contribution in [0.25, 0.3) is 0 Å². The fourth-order valence-electron chi connectivity index (χ4n) is 1.71. The molecule has 0 heterocycles. The van der Waals surface area contributed by atoms with Crippen molar-refractivity contribution in [2.45, 2.75) is 33.2 Å². The van der Waals surface area contributed by atoms with Gasteiger partial charge in [0.25, 0.3) is 0 Å². The average Bonchev–Trinajstić information content (AvgIpc) is 2.09. The van der Waals surface area contributed by atoms with Gasteiger partial charge in [0.15, 0.2) is 0 Å². The Labute approximate surface area is 90.5 Å². The quantitative estimate of drug-likeness (QED) is 0.786. The van der Waals surface area contributed by atoms with Crippen LogP contribution in [0.2, 0.25) is 0 Å². The molecule has 4 N–H and O–H groups in total. The summed E-state index contributed by atoms with van der Waals surface area (Å²) in [7, 11) is 0. The third-order valence-electron chi connectivity index (χ3n) is 2.70. The molecule has 1 unspecified atom stereocenters. The molecular weight excluding hydrogens is 188 g/mol. The lowest BCUT2D eigenvalue weighted by Gasteiger charge is -2.15. The molecule has 1 amide bonds. The van der Waals surface area contributed by atoms with Gasteiger partial charge in [-0.2, -0.15) is 0 Å². The molecule has 0 radical (unpaired) electrons. The van der Waals surface area contributed by atoms with Gasteiger partial charge in [0.05, 0.1) is 0 Å². The molecule has 1 aromatic rings. The number of primary amides is 1. The Hall–Kier alpha value is -1.35. The number of amides is 1. The van der Waals surface area contributed by atoms with Crippen molar-refractivity contribution in [3.8, 4) is 0 Å². The number of carbonyl (C=O) groups excluding carboxylic acids is 1. The minimum absolute atomic E-state index is 0.198. The van der Waals surface area contributed by atoms with E-state index in [2.05, 4.69) is 13.0 Å². The maximum Gasteiger partial charge on any atom is 0.219 e. The summed E-state index contributed by atoms with van der Waals surface area (Å²) < 4.78 is 0. The van der Waals surface area contributed by atoms with E-state index in [0.717, 1.165) is 11.1 Å². The molecule has 0 aromatic heterocycles. The van der Waals surface area contributed by atoms with Gasteiger partial charge in [-0.15, -0.1) is 0 Å². The molecule has 0 aliphatic heterocycles. The minimum atomic E-state index is -0.361. The minimum Gasteiger partial charge on any atom is -0.370 e. The topological polar surface area (TPSA) is 69.1 Å². The van der Waals surface area contributed by atoms with Crippen LogP contribution < -0.4 is 11.5 Å². The molecule has 0 fully saturated rings. The Bertz CT molecular complexity index is 385. The van der Waals surface area contributed by atoms with Gasteiger partial charge in [-0.05, 0) is 43.0 Å². The van der Waals surface area contributed by atoms with E-state index in [0.29, 0.717) is 0 Å². The van der Waals surface area contributed by atoms with Crippen LogP contribution in [0.3, 0.4) is 0 Å². The lowest BCUT2D eigenvalue weighted by atomic mass is 9.94. The number of nitrogens with two attached hydrogens (primary N) is 2. The van der Waals surface area contributed by atoms with Gasteiger partial charge in [-0.3, -0.25) is 4.79 Å². The van der Waals surface area contributed by atoms with Gasteiger partial charge < -0.3 is 11.5 Å². The van der Waals surface area contributed by atoms with Gasteiger partial charge >= 0.3 is 0 Å². The predicted molar refractivity (Wildman–Crippen MR) is 61.4 cm³/mol. The van der Waals surface area contributed by atoms with Crippen LogP contribution in [-0.4, -0.2) is 5.91 Å². The molecule has 3 heteroatoms. The van der Waals surface area contributed by atoms with Crippen molar-refractivity contribution < 1.29 is 4.79 Å². The van der Waals surface area contributed by atoms with Gasteiger partial charge in [0.1, 0.15) is 0 Å². The molecule has 82 valence electrons. The second-order valence-electron chi connectivity index (χ2n) is 4.07. The fraction of sp³-hybridized carbons (Fsp3) is 0.417. The highest BCUT2D eigenvalue weighted by molar-refractivity contribution is 5.74. The van der Waals surface area contributed by atoms with Crippen molar-refractivity contribution in [1.29, 1.82) is 0 Å². The maximum atomic E-state index is 10.8. The summed E-state index contributed by atoms with van der Waals surface area (Å²) in [5.41, 5.74) is 15.6. The summed E-state index contributed by atoms with van der Waals surface area (Å²) in [5, 5.41) is 0. The molecule has 0 aliphatic carbocycles. The second kappa shape index (κ2) is 4.45. The van der Waals surface area contributed by atoms with E-state index >= 15 is 0 Å². The molecule has 0 saturated carbocycles. The van der Waals surface area contributed by atoms with E-state index in [1.165, 1.54) is 11.1 Å². The lowest BCUT2D eigenvalue weighted by Crippen LogP contribution is -2.21. The summed E-state index contributed by atoms with van der Waals surface area (Å²) in [6.45, 7) is 6.10. The van der Waals surface area contributed by atoms with Crippen molar-refractivity contribution in [3.05, 3.63) is 34.4 Å². The van der Waals surface area contributed by atoms with Gasteiger partial charge in [-0.25, -0.2) is 0 Å². The molecule has 3 nitrogen and oxygen atoms in total. The number of hydrogen-bond donors (Lipinski definition) is 2. The number of carbonyl (C=O) groups is 1. The summed E-state index contributed by atoms with van der Waals surface area (Å²) >= 11 is 0. The number of benzene rings is 1. The van der Waals surface area contributed by atoms with Crippen LogP contribution in [-0.2, 0) is 4.79 Å². The normalized spacial score (nSPS) is 12.5. The highest BCUT2D eigenvalue weighted by atomic mass is 16.1. The molecule has 15 heavy (non-hydrogen) atoms. The van der Waals surface area contributed by atoms with E-state index in [-0.39, 0.29) is 18.4 Å². The van der Waals surface area contributed by atoms with Crippen LogP contribution in [0, 0.1) is 20.8 Å². The third kappa shape index (κ3) is 2.80. The standard InChI is InChI=1S/C12H18N2O/c1-7-4-9(3)10(5-8(7)2)11(13)6-12(14)15/h4-5,11H,6,13H2,1-3H3,(H2,14,15). The average molecular weight is 206 g/mol. The molecule has 1 atom stereocenters. The Morgan fingerprint density at radius 1 is 1.20 bits per heavy atom. The first kappa shape index (κ1) is 11.7. The Morgan fingerprint density at radius 3 is 2.27 bits per heavy atom. The predicted octanol–water partition coefficient (Wildman–Crippen LogP) is 1.49. The van der Waals surface area contributed by atoms with Crippen LogP contribution in [0.15, 0.2) is 12.1 Å². The highest BCUT2D eigenvalue weighted by Gasteiger charge is 2.12. The highest BCUT2D eigenvalue weighted by Crippen LogP contribution is 2.22. The van der Waals surface area contributed by atoms with Crippen LogP contribution in [0.5, 0.6) is 0 Å². The van der Waals surface area contributed by atoms with Crippen LogP contribution in [0.1, 0.15) is 34.7 Å². The van der Waals surface area contributed by atoms with E-state index in [1.54, 1.807) is 0 Å². The second-order valence-corrected chi connectivity index (χ2v) is 4.07. The van der Waals surface area contributed by atoms with E-state index < -0.39 is 0 Å². The van der Waals surface area contributed by atoms with Crippen molar-refractivity contribution in [1.82, 2.24) is 0 Å². The molecular formula is C12H18N2O. The Kier molecular flexibility index (Phi) is 3.48. The zero-order valence-corrected chi connectivity index (χ0v) is 9.50. The van der Waals surface area contributed by atoms with E-state index in [9.17, 15) is 4.79 Å². The fourth-order valence-corrected chi connectivity index (χ4v) is 1.71. The van der Waals surface area contributed by atoms with Gasteiger partial charge in [0, 0.05) is 12.5 Å². The Balaban J connectivity index is 3.03. The smallest absolute Gasteiger partial charge is 0.219 e. The number of rotatable bonds is 3. The molecule has 0 spiro atoms. The largest absolute Gasteiger partial charge is 0.370 e. The molecule has 0 saturated heterocycles. The molecule has 0 bridgehead atoms. The molecule has 1 aromatic carbocycles. The number of aryl methyl sites for hydroxylation is 3. The first-order valence-corrected chi connectivity index (χ1v) is 5.03. The number of hydrogen-bond acceptors (Lipinski definition) is 2. The monoisotopic (exact) mass is 206 g/mol. The van der Waals surface area contributed by atoms with E-state index in [1.807, 2.05) is 19.9 Å². The van der Waals surface area contributed by atoms with Crippen molar-refractivity contribution in [2.75, 3.05) is 0 Å². The van der Waals surface area contributed by atoms with Crippen LogP contribution in [0.4, 0.5) is 0 Å². The third-order valence-corrected chi connectivity index (χ3v) is 2.70. The first-order valence-electron chi connectivity index (χ1n) is 5.03. The van der Waals surface area contributed by atoms with Gasteiger partial charge in [-0.1, -0.05) is 12.1 Å². The van der Waals surface area contributed by atoms with Crippen molar-refractivity contribution in [3.63, 3.8) is 0 Å². The maximum absolute atomic E-state index is 10.8. The lowest BCUT2D eigenvalue weighted by molar-refractivity contribution is -0.118. The molecule has 1 rings (SSSR count). The Morgan fingerprint density at radius 2 is 1.73 bits per heavy atom. The first-order chi connectivity index (χ1) is 6.91. The molecule has 0 aliphatic rings. The van der Waals surface area contributed by atoms with Gasteiger partial charge in [0.2, 0.25) is 5.91 Å². The summed E-state index contributed by atoms with van der Waals surface area (Å²) in [6, 6.07) is 3.84. The van der Waals surface area contributed by atoms with Crippen LogP contribution >= 0.6 is 0 Å². The zero-order valence-electron chi connectivity index (χ0n) is 9.50. The van der Waals surface area contributed by atoms with E-state index in [4.69, 9.17) is 11.5 Å². The van der Waals surface area contributed by atoms with Crippen molar-refractivity contribution in [2.24, 2.45) is 11.5 Å². The summed E-state index contributed by atoms with van der Waals surface area (Å²) in [4.78, 5) is 10.8. The summed E-state index contributed by atoms with van der Waals surface area (Å²) in [6.07, 6.45) is 0.198. The SMILES string of the molecule is Cc1cc(C)c(C(N)CC(N)=O)cc1C. The summed E-state index contributed by atoms with van der Waals surface area (Å²) in [5.74, 6) is -0.361.